The van der Waals surface area contributed by atoms with Crippen LogP contribution in [0.25, 0.3) is 0 Å². The number of rotatable bonds is 4. The van der Waals surface area contributed by atoms with Crippen LogP contribution in [0.3, 0.4) is 0 Å². The molecule has 1 saturated heterocycles. The first-order valence-electron chi connectivity index (χ1n) is 9.07. The van der Waals surface area contributed by atoms with E-state index in [1.165, 1.54) is 4.88 Å². The Kier molecular flexibility index (Phi) is 5.05. The summed E-state index contributed by atoms with van der Waals surface area (Å²) in [5, 5.41) is 2.07. The zero-order valence-electron chi connectivity index (χ0n) is 15.0. The van der Waals surface area contributed by atoms with Crippen LogP contribution in [0.1, 0.15) is 20.8 Å². The summed E-state index contributed by atoms with van der Waals surface area (Å²) in [4.78, 5) is 44.1. The fourth-order valence-electron chi connectivity index (χ4n) is 3.57. The predicted octanol–water partition coefficient (Wildman–Crippen LogP) is 1.62. The van der Waals surface area contributed by atoms with Crippen molar-refractivity contribution in [3.8, 4) is 0 Å². The lowest BCUT2D eigenvalue weighted by molar-refractivity contribution is -0.139. The molecule has 1 aromatic heterocycles. The van der Waals surface area contributed by atoms with Gasteiger partial charge in [0.15, 0.2) is 0 Å². The number of imide groups is 1. The summed E-state index contributed by atoms with van der Waals surface area (Å²) in [6.07, 6.45) is 0.170. The van der Waals surface area contributed by atoms with Crippen LogP contribution < -0.4 is 0 Å². The largest absolute Gasteiger partial charge is 0.339 e. The second-order valence-corrected chi connectivity index (χ2v) is 7.89. The Bertz CT molecular complexity index is 857. The first kappa shape index (κ1) is 17.9. The highest BCUT2D eigenvalue weighted by Gasteiger charge is 2.33. The summed E-state index contributed by atoms with van der Waals surface area (Å²) in [6.45, 7) is 3.58. The molecular formula is C20H21N3O3S. The molecule has 140 valence electrons. The van der Waals surface area contributed by atoms with E-state index in [4.69, 9.17) is 0 Å². The molecular weight excluding hydrogens is 362 g/mol. The number of amides is 3. The number of fused-ring (bicyclic) bond motifs is 1. The van der Waals surface area contributed by atoms with E-state index in [2.05, 4.69) is 16.3 Å². The molecule has 2 aliphatic heterocycles. The summed E-state index contributed by atoms with van der Waals surface area (Å²) in [5.74, 6) is -0.832. The number of nitrogens with zero attached hydrogens (tertiary/aromatic N) is 3. The maximum Gasteiger partial charge on any atom is 0.261 e. The number of piperazine rings is 1. The van der Waals surface area contributed by atoms with E-state index in [-0.39, 0.29) is 30.7 Å². The summed E-state index contributed by atoms with van der Waals surface area (Å²) in [5.41, 5.74) is 1.25. The molecule has 2 aliphatic rings. The van der Waals surface area contributed by atoms with Crippen LogP contribution in [0.4, 0.5) is 0 Å². The zero-order chi connectivity index (χ0) is 18.8. The molecule has 1 aromatic carbocycles. The summed E-state index contributed by atoms with van der Waals surface area (Å²) >= 11 is 1.74. The highest BCUT2D eigenvalue weighted by Crippen LogP contribution is 2.20. The lowest BCUT2D eigenvalue weighted by atomic mass is 9.98. The van der Waals surface area contributed by atoms with Crippen molar-refractivity contribution < 1.29 is 14.4 Å². The van der Waals surface area contributed by atoms with Gasteiger partial charge in [-0.2, -0.15) is 0 Å². The number of hydrogen-bond donors (Lipinski definition) is 0. The molecule has 6 nitrogen and oxygen atoms in total. The SMILES string of the molecule is O=C(CN1C(=O)Cc2ccccc2C1=O)N1CCN(Cc2cccs2)CC1. The standard InChI is InChI=1S/C20H21N3O3S/c24-18-12-15-4-1-2-6-17(15)20(26)23(18)14-19(25)22-9-7-21(8-10-22)13-16-5-3-11-27-16/h1-6,11H,7-10,12-14H2. The van der Waals surface area contributed by atoms with E-state index in [1.807, 2.05) is 12.1 Å². The van der Waals surface area contributed by atoms with Crippen molar-refractivity contribution in [2.24, 2.45) is 0 Å². The molecule has 1 fully saturated rings. The van der Waals surface area contributed by atoms with Gasteiger partial charge >= 0.3 is 0 Å². The maximum absolute atomic E-state index is 12.7. The van der Waals surface area contributed by atoms with Crippen LogP contribution in [0.2, 0.25) is 0 Å². The molecule has 7 heteroatoms. The third kappa shape index (κ3) is 3.79. The van der Waals surface area contributed by atoms with Gasteiger partial charge < -0.3 is 4.90 Å². The molecule has 2 aromatic rings. The van der Waals surface area contributed by atoms with Crippen molar-refractivity contribution in [2.45, 2.75) is 13.0 Å². The fourth-order valence-corrected chi connectivity index (χ4v) is 4.32. The van der Waals surface area contributed by atoms with Crippen molar-refractivity contribution in [1.82, 2.24) is 14.7 Å². The predicted molar refractivity (Wildman–Crippen MR) is 102 cm³/mol. The second-order valence-electron chi connectivity index (χ2n) is 6.86. The van der Waals surface area contributed by atoms with Crippen molar-refractivity contribution in [1.29, 1.82) is 0 Å². The number of hydrogen-bond acceptors (Lipinski definition) is 5. The van der Waals surface area contributed by atoms with E-state index >= 15 is 0 Å². The van der Waals surface area contributed by atoms with E-state index in [0.717, 1.165) is 30.1 Å². The van der Waals surface area contributed by atoms with Crippen LogP contribution in [-0.2, 0) is 22.6 Å². The minimum absolute atomic E-state index is 0.160. The first-order chi connectivity index (χ1) is 13.1. The molecule has 3 amide bonds. The Balaban J connectivity index is 1.34. The highest BCUT2D eigenvalue weighted by atomic mass is 32.1. The third-order valence-electron chi connectivity index (χ3n) is 5.11. The fraction of sp³-hybridized carbons (Fsp3) is 0.350. The Labute approximate surface area is 162 Å². The smallest absolute Gasteiger partial charge is 0.261 e. The van der Waals surface area contributed by atoms with Crippen LogP contribution in [0.5, 0.6) is 0 Å². The molecule has 0 radical (unpaired) electrons. The minimum atomic E-state index is -0.369. The van der Waals surface area contributed by atoms with Crippen molar-refractivity contribution in [2.75, 3.05) is 32.7 Å². The number of carbonyl (C=O) groups is 3. The Morgan fingerprint density at radius 1 is 1.00 bits per heavy atom. The average molecular weight is 383 g/mol. The topological polar surface area (TPSA) is 60.9 Å². The van der Waals surface area contributed by atoms with Gasteiger partial charge in [-0.05, 0) is 23.1 Å². The van der Waals surface area contributed by atoms with Gasteiger partial charge in [0.1, 0.15) is 6.54 Å². The first-order valence-corrected chi connectivity index (χ1v) is 9.95. The average Bonchev–Trinajstić information content (AvgIpc) is 3.18. The summed E-state index contributed by atoms with van der Waals surface area (Å²) in [7, 11) is 0. The molecule has 0 atom stereocenters. The molecule has 4 rings (SSSR count). The monoisotopic (exact) mass is 383 g/mol. The van der Waals surface area contributed by atoms with Gasteiger partial charge in [-0.25, -0.2) is 0 Å². The Morgan fingerprint density at radius 3 is 2.52 bits per heavy atom. The van der Waals surface area contributed by atoms with Gasteiger partial charge in [-0.15, -0.1) is 11.3 Å². The van der Waals surface area contributed by atoms with Gasteiger partial charge in [-0.1, -0.05) is 24.3 Å². The molecule has 0 N–H and O–H groups in total. The van der Waals surface area contributed by atoms with Crippen LogP contribution in [0, 0.1) is 0 Å². The van der Waals surface area contributed by atoms with E-state index in [0.29, 0.717) is 18.7 Å². The molecule has 0 unspecified atom stereocenters. The second kappa shape index (κ2) is 7.62. The van der Waals surface area contributed by atoms with Gasteiger partial charge in [-0.3, -0.25) is 24.2 Å². The van der Waals surface area contributed by atoms with Crippen LogP contribution in [-0.4, -0.2) is 65.1 Å². The third-order valence-corrected chi connectivity index (χ3v) is 5.97. The molecule has 0 spiro atoms. The molecule has 27 heavy (non-hydrogen) atoms. The quantitative estimate of drug-likeness (QED) is 0.753. The maximum atomic E-state index is 12.7. The Morgan fingerprint density at radius 2 is 1.78 bits per heavy atom. The van der Waals surface area contributed by atoms with E-state index in [9.17, 15) is 14.4 Å². The number of carbonyl (C=O) groups excluding carboxylic acids is 3. The van der Waals surface area contributed by atoms with Crippen molar-refractivity contribution in [3.05, 3.63) is 57.8 Å². The number of thiophene rings is 1. The van der Waals surface area contributed by atoms with Crippen molar-refractivity contribution >= 4 is 29.1 Å². The van der Waals surface area contributed by atoms with Gasteiger partial charge in [0.05, 0.1) is 6.42 Å². The zero-order valence-corrected chi connectivity index (χ0v) is 15.8. The highest BCUT2D eigenvalue weighted by molar-refractivity contribution is 7.09. The molecule has 3 heterocycles. The molecule has 0 bridgehead atoms. The lowest BCUT2D eigenvalue weighted by Gasteiger charge is -2.36. The summed E-state index contributed by atoms with van der Waals surface area (Å²) in [6, 6.07) is 11.3. The van der Waals surface area contributed by atoms with E-state index in [1.54, 1.807) is 34.4 Å². The molecule has 0 saturated carbocycles. The van der Waals surface area contributed by atoms with E-state index < -0.39 is 0 Å². The van der Waals surface area contributed by atoms with Crippen molar-refractivity contribution in [3.63, 3.8) is 0 Å². The summed E-state index contributed by atoms with van der Waals surface area (Å²) < 4.78 is 0. The van der Waals surface area contributed by atoms with Gasteiger partial charge in [0.25, 0.3) is 5.91 Å². The number of benzene rings is 1. The Hall–Kier alpha value is -2.51. The normalized spacial score (nSPS) is 17.9. The van der Waals surface area contributed by atoms with Gasteiger partial charge in [0, 0.05) is 43.2 Å². The molecule has 0 aliphatic carbocycles. The van der Waals surface area contributed by atoms with Crippen LogP contribution >= 0.6 is 11.3 Å². The van der Waals surface area contributed by atoms with Gasteiger partial charge in [0.2, 0.25) is 11.8 Å². The minimum Gasteiger partial charge on any atom is -0.339 e. The lowest BCUT2D eigenvalue weighted by Crippen LogP contribution is -2.53. The van der Waals surface area contributed by atoms with Crippen LogP contribution in [0.15, 0.2) is 41.8 Å².